The molecule has 0 atom stereocenters. The molecule has 1 aromatic rings. The third-order valence-corrected chi connectivity index (χ3v) is 1.59. The number of pyridine rings is 1. The van der Waals surface area contributed by atoms with E-state index in [-0.39, 0.29) is 12.2 Å². The van der Waals surface area contributed by atoms with Crippen molar-refractivity contribution in [2.24, 2.45) is 0 Å². The number of nitrogens with one attached hydrogen (secondary N) is 1. The summed E-state index contributed by atoms with van der Waals surface area (Å²) in [5.41, 5.74) is 0.125. The smallest absolute Gasteiger partial charge is 0.254 e. The van der Waals surface area contributed by atoms with Gasteiger partial charge in [0.2, 0.25) is 0 Å². The van der Waals surface area contributed by atoms with Crippen LogP contribution in [0.25, 0.3) is 0 Å². The van der Waals surface area contributed by atoms with Gasteiger partial charge in [0.25, 0.3) is 5.56 Å². The molecule has 0 aliphatic heterocycles. The summed E-state index contributed by atoms with van der Waals surface area (Å²) in [7, 11) is 0. The molecule has 1 heterocycles. The van der Waals surface area contributed by atoms with E-state index in [1.807, 2.05) is 0 Å². The maximum atomic E-state index is 10.8. The predicted molar refractivity (Wildman–Crippen MR) is 40.7 cm³/mol. The fourth-order valence-corrected chi connectivity index (χ4v) is 0.917. The van der Waals surface area contributed by atoms with Crippen LogP contribution in [0.1, 0.15) is 5.56 Å². The highest BCUT2D eigenvalue weighted by molar-refractivity contribution is 9.10. The molecule has 0 saturated carbocycles. The first-order chi connectivity index (χ1) is 4.74. The van der Waals surface area contributed by atoms with Crippen LogP contribution in [-0.4, -0.2) is 10.1 Å². The average Bonchev–Trinajstić information content (AvgIpc) is 1.88. The highest BCUT2D eigenvalue weighted by Crippen LogP contribution is 2.01. The number of aliphatic hydroxyl groups excluding tert-OH is 1. The van der Waals surface area contributed by atoms with Crippen molar-refractivity contribution in [1.29, 1.82) is 0 Å². The summed E-state index contributed by atoms with van der Waals surface area (Å²) in [4.78, 5) is 13.3. The lowest BCUT2D eigenvalue weighted by Gasteiger charge is -1.93. The van der Waals surface area contributed by atoms with Crippen LogP contribution in [0.2, 0.25) is 0 Å². The normalized spacial score (nSPS) is 9.80. The molecular formula is C6H6BrNO2. The van der Waals surface area contributed by atoms with Crippen LogP contribution in [0.3, 0.4) is 0 Å². The van der Waals surface area contributed by atoms with Gasteiger partial charge in [0, 0.05) is 5.56 Å². The van der Waals surface area contributed by atoms with E-state index in [9.17, 15) is 4.79 Å². The van der Waals surface area contributed by atoms with Crippen LogP contribution in [-0.2, 0) is 6.61 Å². The second-order valence-corrected chi connectivity index (χ2v) is 2.67. The third kappa shape index (κ3) is 1.46. The first-order valence-corrected chi connectivity index (χ1v) is 3.52. The van der Waals surface area contributed by atoms with Gasteiger partial charge >= 0.3 is 0 Å². The van der Waals surface area contributed by atoms with E-state index in [0.717, 1.165) is 0 Å². The molecule has 0 aromatic carbocycles. The number of hydrogen-bond acceptors (Lipinski definition) is 2. The van der Waals surface area contributed by atoms with Gasteiger partial charge < -0.3 is 10.1 Å². The van der Waals surface area contributed by atoms with Crippen molar-refractivity contribution >= 4 is 15.9 Å². The topological polar surface area (TPSA) is 53.1 Å². The second-order valence-electron chi connectivity index (χ2n) is 1.82. The van der Waals surface area contributed by atoms with E-state index in [0.29, 0.717) is 10.2 Å². The molecule has 1 aromatic heterocycles. The number of aromatic amines is 1. The maximum absolute atomic E-state index is 10.8. The molecule has 0 unspecified atom stereocenters. The monoisotopic (exact) mass is 203 g/mol. The fraction of sp³-hybridized carbons (Fsp3) is 0.167. The average molecular weight is 204 g/mol. The SMILES string of the molecule is O=c1[nH]c(Br)ccc1CO. The Hall–Kier alpha value is -0.610. The zero-order valence-electron chi connectivity index (χ0n) is 5.10. The summed E-state index contributed by atoms with van der Waals surface area (Å²) in [5.74, 6) is 0. The zero-order chi connectivity index (χ0) is 7.56. The summed E-state index contributed by atoms with van der Waals surface area (Å²) >= 11 is 3.09. The highest BCUT2D eigenvalue weighted by atomic mass is 79.9. The minimum atomic E-state index is -0.253. The molecule has 1 rings (SSSR count). The van der Waals surface area contributed by atoms with Gasteiger partial charge in [0.15, 0.2) is 0 Å². The fourth-order valence-electron chi connectivity index (χ4n) is 0.604. The number of aromatic nitrogens is 1. The molecule has 54 valence electrons. The minimum Gasteiger partial charge on any atom is -0.391 e. The van der Waals surface area contributed by atoms with Crippen LogP contribution in [0.5, 0.6) is 0 Å². The Morgan fingerprint density at radius 1 is 1.60 bits per heavy atom. The highest BCUT2D eigenvalue weighted by Gasteiger charge is 1.95. The number of hydrogen-bond donors (Lipinski definition) is 2. The van der Waals surface area contributed by atoms with Gasteiger partial charge in [-0.2, -0.15) is 0 Å². The van der Waals surface area contributed by atoms with Gasteiger partial charge in [-0.15, -0.1) is 0 Å². The molecule has 3 nitrogen and oxygen atoms in total. The molecular weight excluding hydrogens is 198 g/mol. The van der Waals surface area contributed by atoms with E-state index < -0.39 is 0 Å². The molecule has 0 saturated heterocycles. The lowest BCUT2D eigenvalue weighted by molar-refractivity contribution is 0.280. The zero-order valence-corrected chi connectivity index (χ0v) is 6.68. The van der Waals surface area contributed by atoms with Gasteiger partial charge in [-0.05, 0) is 28.1 Å². The molecule has 0 aliphatic carbocycles. The Balaban J connectivity index is 3.20. The Morgan fingerprint density at radius 2 is 2.30 bits per heavy atom. The van der Waals surface area contributed by atoms with Crippen molar-refractivity contribution in [1.82, 2.24) is 4.98 Å². The maximum Gasteiger partial charge on any atom is 0.254 e. The van der Waals surface area contributed by atoms with Crippen molar-refractivity contribution in [3.05, 3.63) is 32.7 Å². The van der Waals surface area contributed by atoms with Crippen LogP contribution in [0, 0.1) is 0 Å². The van der Waals surface area contributed by atoms with Crippen molar-refractivity contribution in [2.75, 3.05) is 0 Å². The molecule has 10 heavy (non-hydrogen) atoms. The Labute approximate surface area is 65.8 Å². The standard InChI is InChI=1S/C6H6BrNO2/c7-5-2-1-4(3-9)6(10)8-5/h1-2,9H,3H2,(H,8,10). The van der Waals surface area contributed by atoms with Gasteiger partial charge in [0.05, 0.1) is 11.2 Å². The summed E-state index contributed by atoms with van der Waals surface area (Å²) in [5, 5.41) is 8.57. The molecule has 0 radical (unpaired) electrons. The Morgan fingerprint density at radius 3 is 2.80 bits per heavy atom. The first-order valence-electron chi connectivity index (χ1n) is 2.72. The van der Waals surface area contributed by atoms with E-state index in [1.165, 1.54) is 0 Å². The lowest BCUT2D eigenvalue weighted by Crippen LogP contribution is -2.11. The van der Waals surface area contributed by atoms with Crippen LogP contribution < -0.4 is 5.56 Å². The van der Waals surface area contributed by atoms with Crippen molar-refractivity contribution in [2.45, 2.75) is 6.61 Å². The molecule has 0 bridgehead atoms. The lowest BCUT2D eigenvalue weighted by atomic mass is 10.3. The quantitative estimate of drug-likeness (QED) is 0.659. The van der Waals surface area contributed by atoms with Crippen molar-refractivity contribution in [3.8, 4) is 0 Å². The van der Waals surface area contributed by atoms with Crippen LogP contribution in [0.4, 0.5) is 0 Å². The van der Waals surface area contributed by atoms with Crippen molar-refractivity contribution in [3.63, 3.8) is 0 Å². The second kappa shape index (κ2) is 2.98. The van der Waals surface area contributed by atoms with Gasteiger partial charge in [-0.25, -0.2) is 0 Å². The van der Waals surface area contributed by atoms with E-state index in [1.54, 1.807) is 12.1 Å². The molecule has 2 N–H and O–H groups in total. The van der Waals surface area contributed by atoms with E-state index >= 15 is 0 Å². The molecule has 0 fully saturated rings. The Bertz CT molecular complexity index is 281. The number of halogens is 1. The van der Waals surface area contributed by atoms with Gasteiger partial charge in [-0.1, -0.05) is 0 Å². The van der Waals surface area contributed by atoms with Crippen LogP contribution >= 0.6 is 15.9 Å². The summed E-state index contributed by atoms with van der Waals surface area (Å²) in [6.45, 7) is -0.220. The summed E-state index contributed by atoms with van der Waals surface area (Å²) in [6.07, 6.45) is 0. The van der Waals surface area contributed by atoms with Crippen molar-refractivity contribution < 1.29 is 5.11 Å². The van der Waals surface area contributed by atoms with E-state index in [4.69, 9.17) is 5.11 Å². The summed E-state index contributed by atoms with van der Waals surface area (Å²) < 4.78 is 0.620. The summed E-state index contributed by atoms with van der Waals surface area (Å²) in [6, 6.07) is 3.25. The van der Waals surface area contributed by atoms with Gasteiger partial charge in [0.1, 0.15) is 0 Å². The van der Waals surface area contributed by atoms with Crippen LogP contribution in [0.15, 0.2) is 21.5 Å². The first kappa shape index (κ1) is 7.50. The number of H-pyrrole nitrogens is 1. The van der Waals surface area contributed by atoms with Gasteiger partial charge in [-0.3, -0.25) is 4.79 Å². The number of rotatable bonds is 1. The third-order valence-electron chi connectivity index (χ3n) is 1.13. The minimum absolute atomic E-state index is 0.220. The molecule has 4 heteroatoms. The predicted octanol–water partition coefficient (Wildman–Crippen LogP) is 0.630. The largest absolute Gasteiger partial charge is 0.391 e. The molecule has 0 spiro atoms. The number of aliphatic hydroxyl groups is 1. The molecule has 0 aliphatic rings. The molecule has 0 amide bonds. The van der Waals surface area contributed by atoms with E-state index in [2.05, 4.69) is 20.9 Å². The Kier molecular flexibility index (Phi) is 2.24.